The molecule has 15 heavy (non-hydrogen) atoms. The van der Waals surface area contributed by atoms with Crippen molar-refractivity contribution in [3.63, 3.8) is 0 Å². The molecule has 1 saturated carbocycles. The van der Waals surface area contributed by atoms with Crippen molar-refractivity contribution in [2.45, 2.75) is 46.0 Å². The molecular weight excluding hydrogens is 186 g/mol. The predicted molar refractivity (Wildman–Crippen MR) is 63.9 cm³/mol. The normalized spacial score (nSPS) is 31.9. The summed E-state index contributed by atoms with van der Waals surface area (Å²) in [7, 11) is 2.13. The Hall–Kier alpha value is -0.370. The second-order valence-corrected chi connectivity index (χ2v) is 5.40. The van der Waals surface area contributed by atoms with Crippen LogP contribution in [0.4, 0.5) is 0 Å². The number of carbonyl (C=O) groups excluding carboxylic acids is 1. The van der Waals surface area contributed by atoms with E-state index in [1.54, 1.807) is 0 Å². The van der Waals surface area contributed by atoms with E-state index in [9.17, 15) is 4.79 Å². The smallest absolute Gasteiger partial charge is 0.127 e. The van der Waals surface area contributed by atoms with E-state index < -0.39 is 0 Å². The molecule has 2 nitrogen and oxygen atoms in total. The highest BCUT2D eigenvalue weighted by atomic mass is 16.1. The van der Waals surface area contributed by atoms with Crippen molar-refractivity contribution < 1.29 is 4.79 Å². The van der Waals surface area contributed by atoms with Crippen molar-refractivity contribution >= 4 is 6.29 Å². The lowest BCUT2D eigenvalue weighted by Crippen LogP contribution is -2.39. The molecule has 88 valence electrons. The third-order valence-corrected chi connectivity index (χ3v) is 3.71. The Balaban J connectivity index is 2.49. The van der Waals surface area contributed by atoms with Gasteiger partial charge in [0.15, 0.2) is 0 Å². The lowest BCUT2D eigenvalue weighted by molar-refractivity contribution is -0.119. The maximum Gasteiger partial charge on any atom is 0.127 e. The summed E-state index contributed by atoms with van der Waals surface area (Å²) in [5, 5.41) is 0. The van der Waals surface area contributed by atoms with E-state index in [1.165, 1.54) is 25.5 Å². The van der Waals surface area contributed by atoms with Crippen LogP contribution >= 0.6 is 0 Å². The summed E-state index contributed by atoms with van der Waals surface area (Å²) in [6, 6.07) is 0. The molecule has 1 fully saturated rings. The highest BCUT2D eigenvalue weighted by Gasteiger charge is 2.34. The van der Waals surface area contributed by atoms with Crippen LogP contribution in [0.5, 0.6) is 0 Å². The third kappa shape index (κ3) is 3.60. The van der Waals surface area contributed by atoms with Crippen LogP contribution in [0.3, 0.4) is 0 Å². The van der Waals surface area contributed by atoms with Crippen molar-refractivity contribution in [2.24, 2.45) is 11.3 Å². The van der Waals surface area contributed by atoms with E-state index in [1.807, 2.05) is 0 Å². The summed E-state index contributed by atoms with van der Waals surface area (Å²) in [5.41, 5.74) is -0.0313. The van der Waals surface area contributed by atoms with Crippen LogP contribution in [0.25, 0.3) is 0 Å². The van der Waals surface area contributed by atoms with Gasteiger partial charge in [-0.2, -0.15) is 0 Å². The van der Waals surface area contributed by atoms with E-state index in [2.05, 4.69) is 25.8 Å². The minimum Gasteiger partial charge on any atom is -0.305 e. The van der Waals surface area contributed by atoms with Crippen LogP contribution in [-0.2, 0) is 4.79 Å². The van der Waals surface area contributed by atoms with Crippen LogP contribution in [0.1, 0.15) is 46.0 Å². The molecule has 1 aliphatic carbocycles. The van der Waals surface area contributed by atoms with Crippen molar-refractivity contribution in [1.29, 1.82) is 0 Å². The second-order valence-electron chi connectivity index (χ2n) is 5.40. The summed E-state index contributed by atoms with van der Waals surface area (Å²) in [6.45, 7) is 6.54. The van der Waals surface area contributed by atoms with E-state index in [0.29, 0.717) is 0 Å². The Morgan fingerprint density at radius 1 is 1.40 bits per heavy atom. The Labute approximate surface area is 94.0 Å². The van der Waals surface area contributed by atoms with Gasteiger partial charge in [-0.1, -0.05) is 13.8 Å². The minimum absolute atomic E-state index is 0.0313. The number of rotatable bonds is 5. The molecule has 0 heterocycles. The molecule has 0 radical (unpaired) electrons. The molecule has 0 saturated heterocycles. The molecular formula is C13H25NO. The summed E-state index contributed by atoms with van der Waals surface area (Å²) in [6.07, 6.45) is 7.02. The van der Waals surface area contributed by atoms with Gasteiger partial charge in [0.25, 0.3) is 0 Å². The molecule has 2 heteroatoms. The predicted octanol–water partition coefficient (Wildman–Crippen LogP) is 2.72. The average Bonchev–Trinajstić information content (AvgIpc) is 2.22. The topological polar surface area (TPSA) is 20.3 Å². The van der Waals surface area contributed by atoms with E-state index in [4.69, 9.17) is 0 Å². The van der Waals surface area contributed by atoms with Gasteiger partial charge >= 0.3 is 0 Å². The molecule has 0 atom stereocenters. The molecule has 0 aliphatic heterocycles. The number of nitrogens with zero attached hydrogens (tertiary/aromatic N) is 1. The Kier molecular flexibility index (Phi) is 4.78. The molecule has 0 aromatic rings. The summed E-state index contributed by atoms with van der Waals surface area (Å²) < 4.78 is 0. The van der Waals surface area contributed by atoms with Gasteiger partial charge in [0, 0.05) is 12.0 Å². The van der Waals surface area contributed by atoms with Crippen LogP contribution in [0, 0.1) is 11.3 Å². The summed E-state index contributed by atoms with van der Waals surface area (Å²) >= 11 is 0. The summed E-state index contributed by atoms with van der Waals surface area (Å²) in [4.78, 5) is 13.6. The van der Waals surface area contributed by atoms with Gasteiger partial charge in [-0.25, -0.2) is 0 Å². The monoisotopic (exact) mass is 211 g/mol. The molecule has 0 aromatic carbocycles. The Morgan fingerprint density at radius 3 is 2.47 bits per heavy atom. The second kappa shape index (κ2) is 5.64. The Morgan fingerprint density at radius 2 is 2.00 bits per heavy atom. The van der Waals surface area contributed by atoms with E-state index >= 15 is 0 Å². The number of hydrogen-bond donors (Lipinski definition) is 0. The zero-order valence-electron chi connectivity index (χ0n) is 10.5. The maximum atomic E-state index is 11.3. The standard InChI is InChI=1S/C13H25NO/c1-4-9-14(3)10-13(11-15)7-5-12(2)6-8-13/h11-12H,4-10H2,1-3H3. The lowest BCUT2D eigenvalue weighted by atomic mass is 9.71. The van der Waals surface area contributed by atoms with Crippen LogP contribution in [0.15, 0.2) is 0 Å². The van der Waals surface area contributed by atoms with Gasteiger partial charge in [-0.3, -0.25) is 0 Å². The highest BCUT2D eigenvalue weighted by molar-refractivity contribution is 5.60. The highest BCUT2D eigenvalue weighted by Crippen LogP contribution is 2.37. The molecule has 1 rings (SSSR count). The first-order chi connectivity index (χ1) is 7.12. The quantitative estimate of drug-likeness (QED) is 0.652. The lowest BCUT2D eigenvalue weighted by Gasteiger charge is -2.37. The van der Waals surface area contributed by atoms with Crippen molar-refractivity contribution in [3.05, 3.63) is 0 Å². The van der Waals surface area contributed by atoms with Crippen molar-refractivity contribution in [2.75, 3.05) is 20.1 Å². The van der Waals surface area contributed by atoms with Gasteiger partial charge < -0.3 is 9.69 Å². The fourth-order valence-electron chi connectivity index (χ4n) is 2.65. The summed E-state index contributed by atoms with van der Waals surface area (Å²) in [5.74, 6) is 0.814. The van der Waals surface area contributed by atoms with Crippen molar-refractivity contribution in [3.8, 4) is 0 Å². The average molecular weight is 211 g/mol. The van der Waals surface area contributed by atoms with E-state index in [0.717, 1.165) is 31.8 Å². The number of aldehydes is 1. The van der Waals surface area contributed by atoms with Gasteiger partial charge in [0.2, 0.25) is 0 Å². The fourth-order valence-corrected chi connectivity index (χ4v) is 2.65. The number of carbonyl (C=O) groups is 1. The molecule has 0 N–H and O–H groups in total. The minimum atomic E-state index is -0.0313. The zero-order chi connectivity index (χ0) is 11.3. The molecule has 0 spiro atoms. The third-order valence-electron chi connectivity index (χ3n) is 3.71. The zero-order valence-corrected chi connectivity index (χ0v) is 10.5. The van der Waals surface area contributed by atoms with Gasteiger partial charge in [-0.15, -0.1) is 0 Å². The van der Waals surface area contributed by atoms with Crippen molar-refractivity contribution in [1.82, 2.24) is 4.90 Å². The van der Waals surface area contributed by atoms with Crippen LogP contribution < -0.4 is 0 Å². The molecule has 0 unspecified atom stereocenters. The van der Waals surface area contributed by atoms with Crippen LogP contribution in [-0.4, -0.2) is 31.3 Å². The van der Waals surface area contributed by atoms with Gasteiger partial charge in [-0.05, 0) is 51.6 Å². The van der Waals surface area contributed by atoms with Gasteiger partial charge in [0.05, 0.1) is 0 Å². The fraction of sp³-hybridized carbons (Fsp3) is 0.923. The Bertz CT molecular complexity index is 195. The molecule has 1 aliphatic rings. The first-order valence-corrected chi connectivity index (χ1v) is 6.27. The SMILES string of the molecule is CCCN(C)CC1(C=O)CCC(C)CC1. The molecule has 0 aromatic heterocycles. The largest absolute Gasteiger partial charge is 0.305 e. The molecule has 0 amide bonds. The van der Waals surface area contributed by atoms with Crippen LogP contribution in [0.2, 0.25) is 0 Å². The number of hydrogen-bond acceptors (Lipinski definition) is 2. The molecule has 0 bridgehead atoms. The van der Waals surface area contributed by atoms with Gasteiger partial charge in [0.1, 0.15) is 6.29 Å². The maximum absolute atomic E-state index is 11.3. The first kappa shape index (κ1) is 12.7. The first-order valence-electron chi connectivity index (χ1n) is 6.27. The van der Waals surface area contributed by atoms with E-state index in [-0.39, 0.29) is 5.41 Å².